The predicted molar refractivity (Wildman–Crippen MR) is 88.3 cm³/mol. The maximum Gasteiger partial charge on any atom is 0.270 e. The SMILES string of the molecule is O=C(c1ccc([N+](=O)[O-])cc1Cl)N1CCN(c2nccs2)CC1. The van der Waals surface area contributed by atoms with Crippen LogP contribution in [0.25, 0.3) is 0 Å². The predicted octanol–water partition coefficient (Wildman–Crippen LogP) is 2.67. The van der Waals surface area contributed by atoms with Gasteiger partial charge >= 0.3 is 0 Å². The van der Waals surface area contributed by atoms with Crippen molar-refractivity contribution >= 4 is 39.7 Å². The summed E-state index contributed by atoms with van der Waals surface area (Å²) in [5.74, 6) is -0.205. The number of carbonyl (C=O) groups is 1. The fourth-order valence-electron chi connectivity index (χ4n) is 2.43. The lowest BCUT2D eigenvalue weighted by Crippen LogP contribution is -2.48. The number of hydrogen-bond acceptors (Lipinski definition) is 6. The summed E-state index contributed by atoms with van der Waals surface area (Å²) in [7, 11) is 0. The van der Waals surface area contributed by atoms with E-state index in [9.17, 15) is 14.9 Å². The van der Waals surface area contributed by atoms with Crippen LogP contribution in [0.15, 0.2) is 29.8 Å². The molecule has 0 radical (unpaired) electrons. The molecule has 0 aliphatic carbocycles. The van der Waals surface area contributed by atoms with E-state index in [4.69, 9.17) is 11.6 Å². The van der Waals surface area contributed by atoms with Crippen LogP contribution in [0.3, 0.4) is 0 Å². The van der Waals surface area contributed by atoms with E-state index in [0.717, 1.165) is 5.13 Å². The summed E-state index contributed by atoms with van der Waals surface area (Å²) in [6.07, 6.45) is 1.76. The van der Waals surface area contributed by atoms with Crippen LogP contribution in [0.5, 0.6) is 0 Å². The van der Waals surface area contributed by atoms with Crippen molar-refractivity contribution in [2.45, 2.75) is 0 Å². The van der Waals surface area contributed by atoms with Gasteiger partial charge in [0.25, 0.3) is 11.6 Å². The Hall–Kier alpha value is -2.19. The molecule has 0 spiro atoms. The molecule has 0 unspecified atom stereocenters. The average molecular weight is 353 g/mol. The molecular weight excluding hydrogens is 340 g/mol. The number of aromatic nitrogens is 1. The average Bonchev–Trinajstić information content (AvgIpc) is 3.08. The van der Waals surface area contributed by atoms with Crippen molar-refractivity contribution in [1.29, 1.82) is 0 Å². The Morgan fingerprint density at radius 3 is 2.61 bits per heavy atom. The maximum atomic E-state index is 12.5. The van der Waals surface area contributed by atoms with Crippen LogP contribution >= 0.6 is 22.9 Å². The van der Waals surface area contributed by atoms with Gasteiger partial charge in [-0.1, -0.05) is 11.6 Å². The highest BCUT2D eigenvalue weighted by Gasteiger charge is 2.25. The number of thiazole rings is 1. The Bertz CT molecular complexity index is 730. The molecular formula is C14H13ClN4O3S. The highest BCUT2D eigenvalue weighted by Crippen LogP contribution is 2.25. The molecule has 1 fully saturated rings. The van der Waals surface area contributed by atoms with Crippen molar-refractivity contribution in [2.75, 3.05) is 31.1 Å². The lowest BCUT2D eigenvalue weighted by molar-refractivity contribution is -0.384. The van der Waals surface area contributed by atoms with Gasteiger partial charge in [-0.2, -0.15) is 0 Å². The standard InChI is InChI=1S/C14H13ClN4O3S/c15-12-9-10(19(21)22)1-2-11(12)13(20)17-4-6-18(7-5-17)14-16-3-8-23-14/h1-3,8-9H,4-7H2. The second-order valence-corrected chi connectivity index (χ2v) is 6.30. The number of nitro benzene ring substituents is 1. The van der Waals surface area contributed by atoms with Gasteiger partial charge in [0.15, 0.2) is 5.13 Å². The van der Waals surface area contributed by atoms with Gasteiger partial charge in [0.05, 0.1) is 15.5 Å². The third-order valence-electron chi connectivity index (χ3n) is 3.65. The van der Waals surface area contributed by atoms with Gasteiger partial charge in [0.1, 0.15) is 0 Å². The monoisotopic (exact) mass is 352 g/mol. The third-order valence-corrected chi connectivity index (χ3v) is 4.80. The zero-order valence-electron chi connectivity index (χ0n) is 12.0. The van der Waals surface area contributed by atoms with Crippen molar-refractivity contribution in [3.05, 3.63) is 50.5 Å². The van der Waals surface area contributed by atoms with Crippen molar-refractivity contribution in [3.63, 3.8) is 0 Å². The van der Waals surface area contributed by atoms with Gasteiger partial charge in [-0.15, -0.1) is 11.3 Å². The van der Waals surface area contributed by atoms with Crippen LogP contribution in [0.1, 0.15) is 10.4 Å². The molecule has 120 valence electrons. The van der Waals surface area contributed by atoms with Gasteiger partial charge in [0.2, 0.25) is 0 Å². The fourth-order valence-corrected chi connectivity index (χ4v) is 3.39. The van der Waals surface area contributed by atoms with E-state index in [1.807, 2.05) is 5.38 Å². The molecule has 1 amide bonds. The summed E-state index contributed by atoms with van der Waals surface area (Å²) in [6, 6.07) is 3.92. The second kappa shape index (κ2) is 6.51. The number of rotatable bonds is 3. The first-order valence-electron chi connectivity index (χ1n) is 6.94. The number of non-ortho nitro benzene ring substituents is 1. The zero-order valence-corrected chi connectivity index (χ0v) is 13.6. The van der Waals surface area contributed by atoms with E-state index in [0.29, 0.717) is 31.7 Å². The van der Waals surface area contributed by atoms with E-state index in [-0.39, 0.29) is 16.6 Å². The third kappa shape index (κ3) is 3.27. The highest BCUT2D eigenvalue weighted by molar-refractivity contribution is 7.13. The zero-order chi connectivity index (χ0) is 16.4. The molecule has 2 heterocycles. The van der Waals surface area contributed by atoms with Gasteiger partial charge in [0, 0.05) is 49.9 Å². The quantitative estimate of drug-likeness (QED) is 0.626. The number of nitro groups is 1. The highest BCUT2D eigenvalue weighted by atomic mass is 35.5. The van der Waals surface area contributed by atoms with Crippen molar-refractivity contribution in [3.8, 4) is 0 Å². The van der Waals surface area contributed by atoms with E-state index in [2.05, 4.69) is 9.88 Å². The number of hydrogen-bond donors (Lipinski definition) is 0. The van der Waals surface area contributed by atoms with Crippen LogP contribution in [-0.2, 0) is 0 Å². The van der Waals surface area contributed by atoms with E-state index < -0.39 is 4.92 Å². The number of piperazine rings is 1. The lowest BCUT2D eigenvalue weighted by atomic mass is 10.1. The molecule has 0 N–H and O–H groups in total. The summed E-state index contributed by atoms with van der Waals surface area (Å²) in [5, 5.41) is 13.7. The van der Waals surface area contributed by atoms with Crippen molar-refractivity contribution in [1.82, 2.24) is 9.88 Å². The van der Waals surface area contributed by atoms with Crippen molar-refractivity contribution in [2.24, 2.45) is 0 Å². The second-order valence-electron chi connectivity index (χ2n) is 5.02. The largest absolute Gasteiger partial charge is 0.345 e. The maximum absolute atomic E-state index is 12.5. The van der Waals surface area contributed by atoms with Crippen LogP contribution in [0.4, 0.5) is 10.8 Å². The topological polar surface area (TPSA) is 79.6 Å². The molecule has 2 aromatic rings. The molecule has 0 bridgehead atoms. The molecule has 23 heavy (non-hydrogen) atoms. The van der Waals surface area contributed by atoms with Gasteiger partial charge in [-0.25, -0.2) is 4.98 Å². The molecule has 0 atom stereocenters. The lowest BCUT2D eigenvalue weighted by Gasteiger charge is -2.34. The van der Waals surface area contributed by atoms with Crippen LogP contribution in [0.2, 0.25) is 5.02 Å². The van der Waals surface area contributed by atoms with Gasteiger partial charge < -0.3 is 9.80 Å². The molecule has 1 aliphatic rings. The number of amides is 1. The smallest absolute Gasteiger partial charge is 0.270 e. The summed E-state index contributed by atoms with van der Waals surface area (Å²) >= 11 is 7.60. The minimum absolute atomic E-state index is 0.103. The Labute approximate surface area is 141 Å². The summed E-state index contributed by atoms with van der Waals surface area (Å²) < 4.78 is 0. The number of carbonyl (C=O) groups excluding carboxylic acids is 1. The molecule has 1 aliphatic heterocycles. The molecule has 7 nitrogen and oxygen atoms in total. The molecule has 3 rings (SSSR count). The summed E-state index contributed by atoms with van der Waals surface area (Å²) in [5.41, 5.74) is 0.167. The van der Waals surface area contributed by atoms with Gasteiger partial charge in [-0.3, -0.25) is 14.9 Å². The summed E-state index contributed by atoms with van der Waals surface area (Å²) in [6.45, 7) is 2.52. The number of nitrogens with zero attached hydrogens (tertiary/aromatic N) is 4. The Balaban J connectivity index is 1.69. The first-order valence-corrected chi connectivity index (χ1v) is 8.19. The number of halogens is 1. The fraction of sp³-hybridized carbons (Fsp3) is 0.286. The first kappa shape index (κ1) is 15.7. The van der Waals surface area contributed by atoms with Gasteiger partial charge in [-0.05, 0) is 6.07 Å². The summed E-state index contributed by atoms with van der Waals surface area (Å²) in [4.78, 5) is 30.8. The minimum Gasteiger partial charge on any atom is -0.345 e. The number of anilines is 1. The van der Waals surface area contributed by atoms with Crippen LogP contribution in [-0.4, -0.2) is 46.9 Å². The van der Waals surface area contributed by atoms with Crippen LogP contribution < -0.4 is 4.90 Å². The molecule has 9 heteroatoms. The first-order chi connectivity index (χ1) is 11.1. The normalized spacial score (nSPS) is 14.8. The molecule has 1 saturated heterocycles. The number of benzene rings is 1. The van der Waals surface area contributed by atoms with E-state index >= 15 is 0 Å². The Morgan fingerprint density at radius 1 is 1.30 bits per heavy atom. The molecule has 0 saturated carbocycles. The van der Waals surface area contributed by atoms with E-state index in [1.165, 1.54) is 18.2 Å². The Kier molecular flexibility index (Phi) is 4.44. The molecule has 1 aromatic carbocycles. The van der Waals surface area contributed by atoms with Crippen molar-refractivity contribution < 1.29 is 9.72 Å². The van der Waals surface area contributed by atoms with Crippen LogP contribution in [0, 0.1) is 10.1 Å². The minimum atomic E-state index is -0.535. The van der Waals surface area contributed by atoms with E-state index in [1.54, 1.807) is 22.4 Å². The Morgan fingerprint density at radius 2 is 2.04 bits per heavy atom. The molecule has 1 aromatic heterocycles.